The summed E-state index contributed by atoms with van der Waals surface area (Å²) in [6.07, 6.45) is 2.93. The van der Waals surface area contributed by atoms with E-state index in [0.717, 1.165) is 12.1 Å². The molecule has 1 atom stereocenters. The topological polar surface area (TPSA) is 172 Å². The lowest BCUT2D eigenvalue weighted by Gasteiger charge is -2.26. The number of aromatic nitrogens is 2. The Bertz CT molecular complexity index is 1830. The summed E-state index contributed by atoms with van der Waals surface area (Å²) in [4.78, 5) is 33.9. The molecular formula is C28H18N2O9. The zero-order valence-electron chi connectivity index (χ0n) is 19.9. The van der Waals surface area contributed by atoms with E-state index in [2.05, 4.69) is 9.97 Å². The second-order valence-electron chi connectivity index (χ2n) is 8.76. The summed E-state index contributed by atoms with van der Waals surface area (Å²) in [5.74, 6) is -3.50. The largest absolute Gasteiger partial charge is 0.507 e. The molecule has 2 aromatic heterocycles. The maximum atomic E-state index is 13.2. The SMILES string of the molecule is O=C1CC(c2cccc(Oc3ncccn3)c2)c2c(cc(O)c3c(=O)c(O)c(-c4ccc(O)c(O)c4)oc23)O1. The van der Waals surface area contributed by atoms with Crippen LogP contribution in [0.25, 0.3) is 22.3 Å². The van der Waals surface area contributed by atoms with Gasteiger partial charge < -0.3 is 34.3 Å². The normalized spacial score (nSPS) is 14.6. The molecule has 0 saturated carbocycles. The Morgan fingerprint density at radius 1 is 0.872 bits per heavy atom. The van der Waals surface area contributed by atoms with Crippen LogP contribution in [0, 0.1) is 0 Å². The Labute approximate surface area is 218 Å². The lowest BCUT2D eigenvalue weighted by atomic mass is 9.85. The van der Waals surface area contributed by atoms with E-state index in [0.29, 0.717) is 11.3 Å². The number of fused-ring (bicyclic) bond motifs is 3. The van der Waals surface area contributed by atoms with E-state index in [-0.39, 0.29) is 46.0 Å². The maximum Gasteiger partial charge on any atom is 0.321 e. The van der Waals surface area contributed by atoms with Gasteiger partial charge in [0, 0.05) is 35.5 Å². The highest BCUT2D eigenvalue weighted by molar-refractivity contribution is 5.94. The van der Waals surface area contributed by atoms with Crippen LogP contribution in [0.1, 0.15) is 23.5 Å². The summed E-state index contributed by atoms with van der Waals surface area (Å²) in [7, 11) is 0. The molecule has 0 fully saturated rings. The highest BCUT2D eigenvalue weighted by atomic mass is 16.5. The quantitative estimate of drug-likeness (QED) is 0.149. The third-order valence-electron chi connectivity index (χ3n) is 6.31. The Hall–Kier alpha value is -5.58. The minimum Gasteiger partial charge on any atom is -0.507 e. The van der Waals surface area contributed by atoms with Crippen molar-refractivity contribution in [3.63, 3.8) is 0 Å². The van der Waals surface area contributed by atoms with Crippen molar-refractivity contribution in [1.82, 2.24) is 9.97 Å². The second-order valence-corrected chi connectivity index (χ2v) is 8.76. The van der Waals surface area contributed by atoms with Crippen molar-refractivity contribution in [3.05, 3.63) is 88.3 Å². The monoisotopic (exact) mass is 526 g/mol. The van der Waals surface area contributed by atoms with Crippen molar-refractivity contribution < 1.29 is 39.1 Å². The first-order chi connectivity index (χ1) is 18.8. The van der Waals surface area contributed by atoms with Crippen LogP contribution in [0.4, 0.5) is 0 Å². The van der Waals surface area contributed by atoms with E-state index in [1.807, 2.05) is 0 Å². The van der Waals surface area contributed by atoms with Gasteiger partial charge in [-0.2, -0.15) is 0 Å². The van der Waals surface area contributed by atoms with Crippen LogP contribution in [0.15, 0.2) is 76.2 Å². The van der Waals surface area contributed by atoms with Crippen LogP contribution in [0.5, 0.6) is 40.5 Å². The van der Waals surface area contributed by atoms with Gasteiger partial charge in [0.15, 0.2) is 17.3 Å². The molecule has 0 bridgehead atoms. The van der Waals surface area contributed by atoms with E-state index in [9.17, 15) is 30.0 Å². The molecule has 3 heterocycles. The summed E-state index contributed by atoms with van der Waals surface area (Å²) < 4.78 is 17.1. The number of hydrogen-bond acceptors (Lipinski definition) is 11. The van der Waals surface area contributed by atoms with Gasteiger partial charge in [-0.15, -0.1) is 0 Å². The minimum atomic E-state index is -0.937. The number of carbonyl (C=O) groups is 1. The third kappa shape index (κ3) is 4.11. The van der Waals surface area contributed by atoms with Crippen LogP contribution < -0.4 is 14.9 Å². The fraction of sp³-hybridized carbons (Fsp3) is 0.0714. The van der Waals surface area contributed by atoms with E-state index in [1.54, 1.807) is 30.3 Å². The van der Waals surface area contributed by atoms with E-state index >= 15 is 0 Å². The Morgan fingerprint density at radius 2 is 1.67 bits per heavy atom. The predicted molar refractivity (Wildman–Crippen MR) is 135 cm³/mol. The van der Waals surface area contributed by atoms with Gasteiger partial charge in [0.25, 0.3) is 0 Å². The van der Waals surface area contributed by atoms with Gasteiger partial charge in [-0.05, 0) is 42.0 Å². The fourth-order valence-corrected chi connectivity index (χ4v) is 4.56. The first kappa shape index (κ1) is 23.8. The molecule has 39 heavy (non-hydrogen) atoms. The fourth-order valence-electron chi connectivity index (χ4n) is 4.56. The third-order valence-corrected chi connectivity index (χ3v) is 6.31. The molecule has 11 nitrogen and oxygen atoms in total. The number of phenols is 3. The van der Waals surface area contributed by atoms with Gasteiger partial charge >= 0.3 is 12.0 Å². The summed E-state index contributed by atoms with van der Waals surface area (Å²) in [6, 6.07) is 13.3. The average molecular weight is 526 g/mol. The van der Waals surface area contributed by atoms with E-state index in [4.69, 9.17) is 13.9 Å². The summed E-state index contributed by atoms with van der Waals surface area (Å²) in [5, 5.41) is 40.6. The van der Waals surface area contributed by atoms with Crippen LogP contribution in [-0.4, -0.2) is 36.4 Å². The van der Waals surface area contributed by atoms with Gasteiger partial charge in [0.1, 0.15) is 28.2 Å². The smallest absolute Gasteiger partial charge is 0.321 e. The molecule has 6 rings (SSSR count). The standard InChI is InChI=1S/C28H18N2O9/c31-17-6-5-14(10-18(17)32)26-25(36)24(35)23-19(33)12-20-22(27(23)39-26)16(11-21(34)38-20)13-3-1-4-15(9-13)37-28-29-7-2-8-30-28/h1-10,12,16,31-33,36H,11H2. The van der Waals surface area contributed by atoms with Gasteiger partial charge in [-0.3, -0.25) is 9.59 Å². The second kappa shape index (κ2) is 9.06. The Kier molecular flexibility index (Phi) is 5.53. The minimum absolute atomic E-state index is 0.0210. The molecule has 1 unspecified atom stereocenters. The molecule has 1 aliphatic rings. The molecule has 0 aliphatic carbocycles. The van der Waals surface area contributed by atoms with Crippen molar-refractivity contribution in [3.8, 4) is 51.8 Å². The molecule has 194 valence electrons. The molecule has 3 aromatic carbocycles. The van der Waals surface area contributed by atoms with Gasteiger partial charge in [-0.25, -0.2) is 9.97 Å². The van der Waals surface area contributed by atoms with Crippen molar-refractivity contribution >= 4 is 16.9 Å². The number of benzene rings is 3. The number of aromatic hydroxyl groups is 4. The van der Waals surface area contributed by atoms with Crippen molar-refractivity contribution in [1.29, 1.82) is 0 Å². The molecular weight excluding hydrogens is 508 g/mol. The summed E-state index contributed by atoms with van der Waals surface area (Å²) in [6.45, 7) is 0. The van der Waals surface area contributed by atoms with Crippen LogP contribution >= 0.6 is 0 Å². The average Bonchev–Trinajstić information content (AvgIpc) is 2.92. The van der Waals surface area contributed by atoms with E-state index in [1.165, 1.54) is 24.5 Å². The van der Waals surface area contributed by atoms with Gasteiger partial charge in [0.2, 0.25) is 11.2 Å². The lowest BCUT2D eigenvalue weighted by Crippen LogP contribution is -2.22. The summed E-state index contributed by atoms with van der Waals surface area (Å²) >= 11 is 0. The Balaban J connectivity index is 1.56. The van der Waals surface area contributed by atoms with Crippen molar-refractivity contribution in [2.75, 3.05) is 0 Å². The molecule has 5 aromatic rings. The highest BCUT2D eigenvalue weighted by Crippen LogP contribution is 2.47. The maximum absolute atomic E-state index is 13.2. The number of esters is 1. The van der Waals surface area contributed by atoms with Gasteiger partial charge in [-0.1, -0.05) is 12.1 Å². The molecule has 4 N–H and O–H groups in total. The number of phenolic OH excluding ortho intramolecular Hbond substituents is 3. The number of hydrogen-bond donors (Lipinski definition) is 4. The molecule has 0 radical (unpaired) electrons. The van der Waals surface area contributed by atoms with Crippen molar-refractivity contribution in [2.45, 2.75) is 12.3 Å². The van der Waals surface area contributed by atoms with Crippen molar-refractivity contribution in [2.24, 2.45) is 0 Å². The van der Waals surface area contributed by atoms with Crippen LogP contribution in [0.3, 0.4) is 0 Å². The summed E-state index contributed by atoms with van der Waals surface area (Å²) in [5.41, 5.74) is -0.0788. The first-order valence-electron chi connectivity index (χ1n) is 11.6. The van der Waals surface area contributed by atoms with Gasteiger partial charge in [0.05, 0.1) is 6.42 Å². The zero-order valence-corrected chi connectivity index (χ0v) is 19.9. The predicted octanol–water partition coefficient (Wildman–Crippen LogP) is 4.31. The van der Waals surface area contributed by atoms with E-state index < -0.39 is 40.3 Å². The molecule has 11 heteroatoms. The molecule has 1 aliphatic heterocycles. The number of rotatable bonds is 4. The highest BCUT2D eigenvalue weighted by Gasteiger charge is 2.34. The number of carbonyl (C=O) groups excluding carboxylic acids is 1. The first-order valence-corrected chi connectivity index (χ1v) is 11.6. The van der Waals surface area contributed by atoms with Crippen LogP contribution in [0.2, 0.25) is 0 Å². The lowest BCUT2D eigenvalue weighted by molar-refractivity contribution is -0.135. The molecule has 0 spiro atoms. The zero-order chi connectivity index (χ0) is 27.3. The Morgan fingerprint density at radius 3 is 2.44 bits per heavy atom. The number of nitrogens with zero attached hydrogens (tertiary/aromatic N) is 2. The van der Waals surface area contributed by atoms with Crippen LogP contribution in [-0.2, 0) is 4.79 Å². The number of ether oxygens (including phenoxy) is 2. The molecule has 0 amide bonds. The molecule has 0 saturated heterocycles.